The standard InChI is InChI=1S/C24H17Br2ClN4O4/c1-2-22-29-21-8-5-16(25)11-18(21)24(32)30(22)28-12-15-9-19(26)23(20(27)10-15)35-13-14-3-6-17(7-4-14)31(33)34/h3-12H,2,13H2,1H3. The second kappa shape index (κ2) is 10.7. The summed E-state index contributed by atoms with van der Waals surface area (Å²) in [4.78, 5) is 27.9. The summed E-state index contributed by atoms with van der Waals surface area (Å²) in [5.41, 5.74) is 1.76. The molecule has 0 fully saturated rings. The number of ether oxygens (including phenoxy) is 1. The van der Waals surface area contributed by atoms with Crippen LogP contribution in [0.5, 0.6) is 5.75 Å². The molecule has 0 aliphatic rings. The van der Waals surface area contributed by atoms with Crippen LogP contribution in [0.3, 0.4) is 0 Å². The molecule has 178 valence electrons. The molecule has 0 aliphatic heterocycles. The SMILES string of the molecule is CCc1nc2ccc(Br)cc2c(=O)n1N=Cc1cc(Cl)c(OCc2ccc([N+](=O)[O-])cc2)c(Br)c1. The van der Waals surface area contributed by atoms with E-state index in [0.29, 0.717) is 44.0 Å². The van der Waals surface area contributed by atoms with Gasteiger partial charge in [-0.1, -0.05) is 34.5 Å². The van der Waals surface area contributed by atoms with Gasteiger partial charge in [0.25, 0.3) is 11.2 Å². The highest BCUT2D eigenvalue weighted by Crippen LogP contribution is 2.35. The minimum absolute atomic E-state index is 0.0104. The van der Waals surface area contributed by atoms with Crippen LogP contribution in [0.25, 0.3) is 10.9 Å². The van der Waals surface area contributed by atoms with E-state index >= 15 is 0 Å². The topological polar surface area (TPSA) is 99.6 Å². The summed E-state index contributed by atoms with van der Waals surface area (Å²) >= 11 is 13.3. The molecule has 0 bridgehead atoms. The molecule has 3 aromatic carbocycles. The van der Waals surface area contributed by atoms with Crippen molar-refractivity contribution in [1.29, 1.82) is 0 Å². The number of halogens is 3. The molecule has 0 N–H and O–H groups in total. The molecule has 1 heterocycles. The van der Waals surface area contributed by atoms with E-state index in [1.165, 1.54) is 23.0 Å². The first-order valence-electron chi connectivity index (χ1n) is 10.4. The number of rotatable bonds is 7. The molecule has 4 rings (SSSR count). The Morgan fingerprint density at radius 2 is 1.91 bits per heavy atom. The Morgan fingerprint density at radius 1 is 1.17 bits per heavy atom. The molecule has 8 nitrogen and oxygen atoms in total. The number of benzene rings is 3. The first kappa shape index (κ1) is 25.0. The van der Waals surface area contributed by atoms with Crippen molar-refractivity contribution < 1.29 is 9.66 Å². The van der Waals surface area contributed by atoms with Gasteiger partial charge in [0, 0.05) is 23.0 Å². The lowest BCUT2D eigenvalue weighted by molar-refractivity contribution is -0.384. The van der Waals surface area contributed by atoms with Gasteiger partial charge in [0.2, 0.25) is 0 Å². The Kier molecular flexibility index (Phi) is 7.63. The number of nitro groups is 1. The Morgan fingerprint density at radius 3 is 2.57 bits per heavy atom. The van der Waals surface area contributed by atoms with Gasteiger partial charge in [-0.2, -0.15) is 9.78 Å². The molecule has 4 aromatic rings. The highest BCUT2D eigenvalue weighted by atomic mass is 79.9. The Hall–Kier alpha value is -3.08. The van der Waals surface area contributed by atoms with Crippen LogP contribution in [-0.2, 0) is 13.0 Å². The van der Waals surface area contributed by atoms with Crippen molar-refractivity contribution in [2.24, 2.45) is 5.10 Å². The highest BCUT2D eigenvalue weighted by Gasteiger charge is 2.12. The Labute approximate surface area is 221 Å². The summed E-state index contributed by atoms with van der Waals surface area (Å²) in [6, 6.07) is 14.9. The van der Waals surface area contributed by atoms with Gasteiger partial charge < -0.3 is 4.74 Å². The van der Waals surface area contributed by atoms with E-state index in [0.717, 1.165) is 10.0 Å². The van der Waals surface area contributed by atoms with Crippen molar-refractivity contribution in [3.05, 3.63) is 106 Å². The van der Waals surface area contributed by atoms with Crippen LogP contribution < -0.4 is 10.3 Å². The van der Waals surface area contributed by atoms with Crippen LogP contribution in [0.2, 0.25) is 5.02 Å². The van der Waals surface area contributed by atoms with Gasteiger partial charge in [-0.3, -0.25) is 14.9 Å². The molecule has 1 aromatic heterocycles. The fraction of sp³-hybridized carbons (Fsp3) is 0.125. The Bertz CT molecular complexity index is 1500. The summed E-state index contributed by atoms with van der Waals surface area (Å²) in [6.45, 7) is 2.08. The van der Waals surface area contributed by atoms with Crippen molar-refractivity contribution in [2.75, 3.05) is 0 Å². The van der Waals surface area contributed by atoms with Crippen molar-refractivity contribution in [1.82, 2.24) is 9.66 Å². The predicted molar refractivity (Wildman–Crippen MR) is 143 cm³/mol. The molecule has 0 aliphatic carbocycles. The summed E-state index contributed by atoms with van der Waals surface area (Å²) in [6.07, 6.45) is 2.06. The van der Waals surface area contributed by atoms with E-state index in [1.807, 2.05) is 13.0 Å². The summed E-state index contributed by atoms with van der Waals surface area (Å²) in [7, 11) is 0. The van der Waals surface area contributed by atoms with Crippen molar-refractivity contribution in [3.8, 4) is 5.75 Å². The molecular formula is C24H17Br2ClN4O4. The first-order chi connectivity index (χ1) is 16.8. The fourth-order valence-corrected chi connectivity index (χ4v) is 4.68. The number of nitrogens with zero attached hydrogens (tertiary/aromatic N) is 4. The number of nitro benzene ring substituents is 1. The summed E-state index contributed by atoms with van der Waals surface area (Å²) in [5.74, 6) is 0.958. The monoisotopic (exact) mass is 618 g/mol. The second-order valence-electron chi connectivity index (χ2n) is 7.43. The van der Waals surface area contributed by atoms with E-state index < -0.39 is 4.92 Å². The van der Waals surface area contributed by atoms with Crippen molar-refractivity contribution in [3.63, 3.8) is 0 Å². The average molecular weight is 621 g/mol. The van der Waals surface area contributed by atoms with Gasteiger partial charge in [0.15, 0.2) is 5.75 Å². The van der Waals surface area contributed by atoms with Crippen LogP contribution in [-0.4, -0.2) is 20.8 Å². The zero-order valence-electron chi connectivity index (χ0n) is 18.2. The van der Waals surface area contributed by atoms with Gasteiger partial charge in [0.1, 0.15) is 12.4 Å². The largest absolute Gasteiger partial charge is 0.486 e. The highest BCUT2D eigenvalue weighted by molar-refractivity contribution is 9.10. The van der Waals surface area contributed by atoms with Gasteiger partial charge in [-0.15, -0.1) is 0 Å². The second-order valence-corrected chi connectivity index (χ2v) is 9.61. The van der Waals surface area contributed by atoms with E-state index in [1.54, 1.807) is 36.4 Å². The lowest BCUT2D eigenvalue weighted by Gasteiger charge is -2.11. The molecular weight excluding hydrogens is 604 g/mol. The number of non-ortho nitro benzene ring substituents is 1. The quantitative estimate of drug-likeness (QED) is 0.133. The fourth-order valence-electron chi connectivity index (χ4n) is 3.33. The number of hydrogen-bond acceptors (Lipinski definition) is 6. The van der Waals surface area contributed by atoms with E-state index in [2.05, 4.69) is 41.9 Å². The van der Waals surface area contributed by atoms with Gasteiger partial charge in [-0.05, 0) is 69.5 Å². The van der Waals surface area contributed by atoms with Gasteiger partial charge >= 0.3 is 0 Å². The number of fused-ring (bicyclic) bond motifs is 1. The van der Waals surface area contributed by atoms with Crippen LogP contribution >= 0.6 is 43.5 Å². The van der Waals surface area contributed by atoms with E-state index in [4.69, 9.17) is 16.3 Å². The zero-order chi connectivity index (χ0) is 25.1. The third kappa shape index (κ3) is 5.61. The number of aromatic nitrogens is 2. The summed E-state index contributed by atoms with van der Waals surface area (Å²) < 4.78 is 8.49. The van der Waals surface area contributed by atoms with Gasteiger partial charge in [-0.25, -0.2) is 4.98 Å². The maximum Gasteiger partial charge on any atom is 0.282 e. The van der Waals surface area contributed by atoms with E-state index in [9.17, 15) is 14.9 Å². The van der Waals surface area contributed by atoms with Crippen LogP contribution in [0.4, 0.5) is 5.69 Å². The van der Waals surface area contributed by atoms with Crippen molar-refractivity contribution >= 4 is 66.3 Å². The molecule has 35 heavy (non-hydrogen) atoms. The van der Waals surface area contributed by atoms with Crippen LogP contribution in [0.15, 0.2) is 73.4 Å². The molecule has 0 unspecified atom stereocenters. The number of hydrogen-bond donors (Lipinski definition) is 0. The molecule has 11 heteroatoms. The molecule has 0 amide bonds. The lowest BCUT2D eigenvalue weighted by Crippen LogP contribution is -2.22. The maximum atomic E-state index is 13.0. The Balaban J connectivity index is 1.58. The molecule has 0 radical (unpaired) electrons. The minimum atomic E-state index is -0.456. The number of aryl methyl sites for hydroxylation is 1. The normalized spacial score (nSPS) is 11.3. The molecule has 0 saturated heterocycles. The lowest BCUT2D eigenvalue weighted by atomic mass is 10.2. The third-order valence-electron chi connectivity index (χ3n) is 5.06. The van der Waals surface area contributed by atoms with Crippen LogP contribution in [0, 0.1) is 10.1 Å². The van der Waals surface area contributed by atoms with Crippen molar-refractivity contribution in [2.45, 2.75) is 20.0 Å². The summed E-state index contributed by atoms with van der Waals surface area (Å²) in [5, 5.41) is 16.0. The maximum absolute atomic E-state index is 13.0. The minimum Gasteiger partial charge on any atom is -0.486 e. The predicted octanol–water partition coefficient (Wildman–Crippen LogP) is 6.51. The van der Waals surface area contributed by atoms with Gasteiger partial charge in [0.05, 0.1) is 31.5 Å². The molecule has 0 atom stereocenters. The molecule has 0 spiro atoms. The average Bonchev–Trinajstić information content (AvgIpc) is 2.83. The van der Waals surface area contributed by atoms with Crippen LogP contribution in [0.1, 0.15) is 23.9 Å². The zero-order valence-corrected chi connectivity index (χ0v) is 22.2. The third-order valence-corrected chi connectivity index (χ3v) is 6.43. The smallest absolute Gasteiger partial charge is 0.282 e. The van der Waals surface area contributed by atoms with E-state index in [-0.39, 0.29) is 17.9 Å². The first-order valence-corrected chi connectivity index (χ1v) is 12.3. The molecule has 0 saturated carbocycles.